The van der Waals surface area contributed by atoms with E-state index in [0.717, 1.165) is 0 Å². The second kappa shape index (κ2) is 9.65. The van der Waals surface area contributed by atoms with E-state index in [-0.39, 0.29) is 0 Å². The van der Waals surface area contributed by atoms with Crippen LogP contribution in [0.2, 0.25) is 0 Å². The smallest absolute Gasteiger partial charge is 0.321 e. The van der Waals surface area contributed by atoms with Crippen LogP contribution in [0.4, 0.5) is 0 Å². The summed E-state index contributed by atoms with van der Waals surface area (Å²) in [6, 6.07) is 5.08. The number of hydrogen-bond acceptors (Lipinski definition) is 8. The van der Waals surface area contributed by atoms with E-state index < -0.39 is 38.2 Å². The fourth-order valence-electron chi connectivity index (χ4n) is 3.28. The molecular weight excluding hydrogens is 404 g/mol. The van der Waals surface area contributed by atoms with Crippen LogP contribution in [-0.2, 0) is 35.3 Å². The predicted octanol–water partition coefficient (Wildman–Crippen LogP) is 2.38. The largest absolute Gasteiger partial charge is 0.493 e. The lowest BCUT2D eigenvalue weighted by Crippen LogP contribution is -2.57. The Morgan fingerprint density at radius 1 is 1.00 bits per heavy atom. The van der Waals surface area contributed by atoms with Crippen molar-refractivity contribution in [1.82, 2.24) is 0 Å². The number of rotatable bonds is 9. The summed E-state index contributed by atoms with van der Waals surface area (Å²) in [6.45, 7) is 3.47. The highest BCUT2D eigenvalue weighted by atomic mass is 32.2. The van der Waals surface area contributed by atoms with Crippen LogP contribution < -0.4 is 9.47 Å². The molecule has 0 fully saturated rings. The Bertz CT molecular complexity index is 736. The first-order valence-electron chi connectivity index (χ1n) is 8.35. The van der Waals surface area contributed by atoms with Gasteiger partial charge < -0.3 is 18.9 Å². The Morgan fingerprint density at radius 3 is 1.86 bits per heavy atom. The predicted molar refractivity (Wildman–Crippen MR) is 110 cm³/mol. The van der Waals surface area contributed by atoms with Crippen molar-refractivity contribution in [1.29, 1.82) is 0 Å². The standard InChI is InChI=1S/C19H28O7S2/c1-18(19(2,27-7)28(8)22,15(16(20)25-5)17(21)26-6)12-9-10-13(23-3)14(11-12)24-4/h9-11,15H,1-8H3. The van der Waals surface area contributed by atoms with Gasteiger partial charge in [-0.1, -0.05) is 13.0 Å². The zero-order valence-corrected chi connectivity index (χ0v) is 19.1. The van der Waals surface area contributed by atoms with E-state index in [2.05, 4.69) is 0 Å². The molecule has 0 amide bonds. The van der Waals surface area contributed by atoms with Gasteiger partial charge in [0.15, 0.2) is 17.4 Å². The average molecular weight is 433 g/mol. The summed E-state index contributed by atoms with van der Waals surface area (Å²) in [4.78, 5) is 25.4. The van der Waals surface area contributed by atoms with Crippen LogP contribution in [0.25, 0.3) is 0 Å². The molecule has 0 radical (unpaired) electrons. The molecule has 0 aliphatic carbocycles. The summed E-state index contributed by atoms with van der Waals surface area (Å²) in [6.07, 6.45) is 3.33. The van der Waals surface area contributed by atoms with Gasteiger partial charge in [0, 0.05) is 22.5 Å². The van der Waals surface area contributed by atoms with E-state index >= 15 is 0 Å². The quantitative estimate of drug-likeness (QED) is 0.434. The molecule has 0 bridgehead atoms. The lowest BCUT2D eigenvalue weighted by Gasteiger charge is -2.47. The van der Waals surface area contributed by atoms with Crippen LogP contribution in [0.5, 0.6) is 11.5 Å². The van der Waals surface area contributed by atoms with Gasteiger partial charge in [0.2, 0.25) is 0 Å². The van der Waals surface area contributed by atoms with Crippen LogP contribution in [0, 0.1) is 5.92 Å². The van der Waals surface area contributed by atoms with Gasteiger partial charge in [-0.05, 0) is 30.9 Å². The lowest BCUT2D eigenvalue weighted by molar-refractivity contribution is -0.162. The van der Waals surface area contributed by atoms with E-state index in [9.17, 15) is 13.8 Å². The minimum atomic E-state index is -1.44. The SMILES string of the molecule is COC(=O)C(C(=O)OC)C(C)(c1ccc(OC)c(OC)c1)C(C)(SC)S(C)=O. The van der Waals surface area contributed by atoms with Crippen LogP contribution in [0.3, 0.4) is 0 Å². The average Bonchev–Trinajstić information content (AvgIpc) is 2.71. The highest BCUT2D eigenvalue weighted by molar-refractivity contribution is 8.12. The molecule has 3 atom stereocenters. The third kappa shape index (κ3) is 4.00. The molecule has 0 aliphatic heterocycles. The number of benzene rings is 1. The van der Waals surface area contributed by atoms with Gasteiger partial charge in [-0.2, -0.15) is 0 Å². The Hall–Kier alpha value is -1.74. The zero-order chi connectivity index (χ0) is 21.7. The molecule has 9 heteroatoms. The van der Waals surface area contributed by atoms with Gasteiger partial charge in [0.05, 0.1) is 32.5 Å². The molecule has 158 valence electrons. The Morgan fingerprint density at radius 2 is 1.50 bits per heavy atom. The molecule has 0 spiro atoms. The molecule has 28 heavy (non-hydrogen) atoms. The molecular formula is C19H28O7S2. The minimum Gasteiger partial charge on any atom is -0.493 e. The van der Waals surface area contributed by atoms with E-state index in [0.29, 0.717) is 17.1 Å². The number of esters is 2. The molecule has 1 aromatic rings. The maximum Gasteiger partial charge on any atom is 0.321 e. The molecule has 3 unspecified atom stereocenters. The molecule has 1 aromatic carbocycles. The Balaban J connectivity index is 3.95. The molecule has 0 aliphatic rings. The van der Waals surface area contributed by atoms with E-state index in [4.69, 9.17) is 18.9 Å². The summed E-state index contributed by atoms with van der Waals surface area (Å²) >= 11 is 1.30. The summed E-state index contributed by atoms with van der Waals surface area (Å²) < 4.78 is 32.3. The van der Waals surface area contributed by atoms with Crippen LogP contribution in [0.15, 0.2) is 18.2 Å². The summed E-state index contributed by atoms with van der Waals surface area (Å²) in [5.74, 6) is -1.97. The first-order valence-corrected chi connectivity index (χ1v) is 11.1. The van der Waals surface area contributed by atoms with Crippen molar-refractivity contribution in [2.75, 3.05) is 41.0 Å². The van der Waals surface area contributed by atoms with Gasteiger partial charge in [-0.25, -0.2) is 0 Å². The highest BCUT2D eigenvalue weighted by Gasteiger charge is 2.59. The highest BCUT2D eigenvalue weighted by Crippen LogP contribution is 2.52. The number of methoxy groups -OCH3 is 4. The number of ether oxygens (including phenoxy) is 4. The van der Waals surface area contributed by atoms with Gasteiger partial charge >= 0.3 is 11.9 Å². The number of carbonyl (C=O) groups excluding carboxylic acids is 2. The molecule has 0 saturated carbocycles. The second-order valence-corrected chi connectivity index (χ2v) is 9.56. The second-order valence-electron chi connectivity index (χ2n) is 6.36. The minimum absolute atomic E-state index is 0.421. The Labute approximate surface area is 172 Å². The van der Waals surface area contributed by atoms with E-state index in [1.807, 2.05) is 0 Å². The van der Waals surface area contributed by atoms with Crippen LogP contribution >= 0.6 is 11.8 Å². The van der Waals surface area contributed by atoms with Crippen molar-refractivity contribution in [3.8, 4) is 11.5 Å². The van der Waals surface area contributed by atoms with E-state index in [1.165, 1.54) is 40.2 Å². The molecule has 0 heterocycles. The van der Waals surface area contributed by atoms with Gasteiger partial charge in [-0.3, -0.25) is 13.8 Å². The van der Waals surface area contributed by atoms with Gasteiger partial charge in [0.25, 0.3) is 0 Å². The normalized spacial score (nSPS) is 16.5. The maximum absolute atomic E-state index is 12.9. The molecule has 0 aromatic heterocycles. The van der Waals surface area contributed by atoms with Crippen molar-refractivity contribution in [2.24, 2.45) is 5.92 Å². The number of hydrogen-bond donors (Lipinski definition) is 0. The summed E-state index contributed by atoms with van der Waals surface area (Å²) in [7, 11) is 3.96. The fraction of sp³-hybridized carbons (Fsp3) is 0.579. The van der Waals surface area contributed by atoms with Crippen LogP contribution in [-0.4, -0.2) is 61.2 Å². The molecule has 0 N–H and O–H groups in total. The summed E-state index contributed by atoms with van der Waals surface area (Å²) in [5, 5.41) is 0. The van der Waals surface area contributed by atoms with Crippen LogP contribution in [0.1, 0.15) is 19.4 Å². The molecule has 1 rings (SSSR count). The molecule has 7 nitrogen and oxygen atoms in total. The van der Waals surface area contributed by atoms with Crippen molar-refractivity contribution in [3.05, 3.63) is 23.8 Å². The van der Waals surface area contributed by atoms with Crippen molar-refractivity contribution in [2.45, 2.75) is 23.3 Å². The van der Waals surface area contributed by atoms with Gasteiger partial charge in [0.1, 0.15) is 0 Å². The number of carbonyl (C=O) groups is 2. The third-order valence-electron chi connectivity index (χ3n) is 5.32. The van der Waals surface area contributed by atoms with E-state index in [1.54, 1.807) is 44.6 Å². The monoisotopic (exact) mass is 432 g/mol. The van der Waals surface area contributed by atoms with Crippen molar-refractivity contribution < 1.29 is 32.7 Å². The Kier molecular flexibility index (Phi) is 8.37. The third-order valence-corrected chi connectivity index (χ3v) is 9.24. The molecule has 0 saturated heterocycles. The fourth-order valence-corrected chi connectivity index (χ4v) is 5.71. The first kappa shape index (κ1) is 24.3. The topological polar surface area (TPSA) is 88.1 Å². The maximum atomic E-state index is 12.9. The van der Waals surface area contributed by atoms with Crippen molar-refractivity contribution in [3.63, 3.8) is 0 Å². The lowest BCUT2D eigenvalue weighted by atomic mass is 9.68. The number of thioether (sulfide) groups is 1. The zero-order valence-electron chi connectivity index (χ0n) is 17.5. The first-order chi connectivity index (χ1) is 13.1. The van der Waals surface area contributed by atoms with Crippen molar-refractivity contribution >= 4 is 34.5 Å². The van der Waals surface area contributed by atoms with Gasteiger partial charge in [-0.15, -0.1) is 11.8 Å². The summed E-state index contributed by atoms with van der Waals surface area (Å²) in [5.41, 5.74) is -0.691.